The minimum atomic E-state index is 1.23. The van der Waals surface area contributed by atoms with Crippen molar-refractivity contribution in [1.82, 2.24) is 4.57 Å². The normalized spacial score (nSPS) is 11.7. The monoisotopic (exact) mass is 686 g/mol. The predicted molar refractivity (Wildman–Crippen MR) is 221 cm³/mol. The van der Waals surface area contributed by atoms with E-state index < -0.39 is 0 Å². The van der Waals surface area contributed by atoms with Crippen LogP contribution in [0, 0.1) is 0 Å². The summed E-state index contributed by atoms with van der Waals surface area (Å²) in [6, 6.07) is 0. The fourth-order valence-corrected chi connectivity index (χ4v) is 7.92. The van der Waals surface area contributed by atoms with E-state index in [0.717, 1.165) is 0 Å². The van der Waals surface area contributed by atoms with Crippen LogP contribution in [-0.4, -0.2) is 4.57 Å². The zero-order chi connectivity index (χ0) is 35.1. The van der Waals surface area contributed by atoms with Gasteiger partial charge < -0.3 is 0 Å². The van der Waals surface area contributed by atoms with Crippen LogP contribution < -0.4 is 4.57 Å². The molecule has 1 rings (SSSR count). The zero-order valence-corrected chi connectivity index (χ0v) is 34.5. The number of hydrogen-bond donors (Lipinski definition) is 0. The van der Waals surface area contributed by atoms with Gasteiger partial charge in [-0.1, -0.05) is 233 Å². The van der Waals surface area contributed by atoms with E-state index in [1.807, 2.05) is 0 Å². The second-order valence-corrected chi connectivity index (χ2v) is 16.2. The van der Waals surface area contributed by atoms with E-state index in [1.165, 1.54) is 264 Å². The lowest BCUT2D eigenvalue weighted by atomic mass is 10.0. The lowest BCUT2D eigenvalue weighted by Crippen LogP contribution is -2.37. The summed E-state index contributed by atoms with van der Waals surface area (Å²) in [5.74, 6) is 1.62. The molecule has 1 aromatic heterocycles. The molecule has 0 aliphatic rings. The highest BCUT2D eigenvalue weighted by atomic mass is 15.1. The average Bonchev–Trinajstić information content (AvgIpc) is 3.50. The van der Waals surface area contributed by atoms with Crippen LogP contribution in [0.4, 0.5) is 0 Å². The Hall–Kier alpha value is -0.790. The van der Waals surface area contributed by atoms with Crippen LogP contribution in [0.15, 0.2) is 12.4 Å². The Bertz CT molecular complexity index is 751. The van der Waals surface area contributed by atoms with Gasteiger partial charge in [0.1, 0.15) is 12.4 Å². The van der Waals surface area contributed by atoms with E-state index in [4.69, 9.17) is 0 Å². The van der Waals surface area contributed by atoms with Crippen molar-refractivity contribution in [2.75, 3.05) is 0 Å². The minimum Gasteiger partial charge on any atom is -0.234 e. The van der Waals surface area contributed by atoms with E-state index in [1.54, 1.807) is 5.82 Å². The predicted octanol–water partition coefficient (Wildman–Crippen LogP) is 16.2. The van der Waals surface area contributed by atoms with Gasteiger partial charge in [-0.3, -0.25) is 0 Å². The van der Waals surface area contributed by atoms with Gasteiger partial charge in [0.15, 0.2) is 0 Å². The van der Waals surface area contributed by atoms with Crippen LogP contribution in [0.1, 0.15) is 271 Å². The molecule has 0 bridgehead atoms. The molecular formula is C47H93N2+. The molecule has 0 spiro atoms. The van der Waals surface area contributed by atoms with E-state index >= 15 is 0 Å². The van der Waals surface area contributed by atoms with Crippen molar-refractivity contribution in [2.45, 2.75) is 284 Å². The molecule has 0 fully saturated rings. The smallest absolute Gasteiger partial charge is 0.234 e. The summed E-state index contributed by atoms with van der Waals surface area (Å²) in [5, 5.41) is 0. The molecule has 0 aromatic carbocycles. The van der Waals surface area contributed by atoms with E-state index in [0.29, 0.717) is 0 Å². The first-order valence-electron chi connectivity index (χ1n) is 23.4. The molecule has 2 heteroatoms. The first kappa shape index (κ1) is 46.2. The minimum absolute atomic E-state index is 1.23. The van der Waals surface area contributed by atoms with Gasteiger partial charge in [-0.05, 0) is 32.1 Å². The molecule has 0 aliphatic heterocycles. The van der Waals surface area contributed by atoms with Gasteiger partial charge in [0.2, 0.25) is 0 Å². The van der Waals surface area contributed by atoms with Crippen LogP contribution in [-0.2, 0) is 19.5 Å². The second-order valence-electron chi connectivity index (χ2n) is 16.2. The van der Waals surface area contributed by atoms with Crippen LogP contribution in [0.25, 0.3) is 0 Å². The number of aromatic nitrogens is 2. The van der Waals surface area contributed by atoms with Crippen molar-refractivity contribution in [3.05, 3.63) is 18.2 Å². The van der Waals surface area contributed by atoms with Gasteiger partial charge in [-0.15, -0.1) is 0 Å². The Labute approximate surface area is 310 Å². The van der Waals surface area contributed by atoms with Gasteiger partial charge in [-0.2, -0.15) is 0 Å². The van der Waals surface area contributed by atoms with Crippen LogP contribution in [0.2, 0.25) is 0 Å². The number of unbranched alkanes of at least 4 members (excludes halogenated alkanes) is 35. The van der Waals surface area contributed by atoms with Gasteiger partial charge in [-0.25, -0.2) is 9.13 Å². The van der Waals surface area contributed by atoms with Gasteiger partial charge in [0, 0.05) is 6.42 Å². The third-order valence-electron chi connectivity index (χ3n) is 11.3. The number of rotatable bonds is 41. The summed E-state index contributed by atoms with van der Waals surface area (Å²) in [5.41, 5.74) is 0. The van der Waals surface area contributed by atoms with E-state index in [9.17, 15) is 0 Å². The van der Waals surface area contributed by atoms with Crippen molar-refractivity contribution in [1.29, 1.82) is 0 Å². The average molecular weight is 686 g/mol. The van der Waals surface area contributed by atoms with Crippen molar-refractivity contribution >= 4 is 0 Å². The third-order valence-corrected chi connectivity index (χ3v) is 11.3. The molecule has 49 heavy (non-hydrogen) atoms. The molecule has 2 nitrogen and oxygen atoms in total. The summed E-state index contributed by atoms with van der Waals surface area (Å²) < 4.78 is 5.28. The molecule has 290 valence electrons. The Morgan fingerprint density at radius 1 is 0.347 bits per heavy atom. The highest BCUT2D eigenvalue weighted by molar-refractivity contribution is 4.84. The quantitative estimate of drug-likeness (QED) is 0.0479. The molecule has 0 saturated carbocycles. The number of hydrogen-bond acceptors (Lipinski definition) is 0. The molecule has 0 N–H and O–H groups in total. The van der Waals surface area contributed by atoms with Gasteiger partial charge in [0.25, 0.3) is 5.82 Å². The van der Waals surface area contributed by atoms with Crippen LogP contribution >= 0.6 is 0 Å². The summed E-state index contributed by atoms with van der Waals surface area (Å²) >= 11 is 0. The first-order valence-corrected chi connectivity index (χ1v) is 23.4. The molecule has 0 amide bonds. The topological polar surface area (TPSA) is 8.81 Å². The number of imidazole rings is 1. The Balaban J connectivity index is 2.17. The fraction of sp³-hybridized carbons (Fsp3) is 0.936. The van der Waals surface area contributed by atoms with Crippen molar-refractivity contribution in [2.24, 2.45) is 0 Å². The standard InChI is InChI=1S/C47H93N2/c1-4-7-10-13-16-18-20-22-24-26-28-30-32-34-36-39-42-47-48(43-40-37-15-12-9-6-3)45-46-49(47)44-41-38-35-33-31-29-27-25-23-21-19-17-14-11-8-5-2/h45-46H,4-44H2,1-3H3/q+1. The molecule has 1 aromatic rings. The Kier molecular flexibility index (Phi) is 36.3. The molecular weight excluding hydrogens is 593 g/mol. The summed E-state index contributed by atoms with van der Waals surface area (Å²) in [6.07, 6.45) is 60.9. The van der Waals surface area contributed by atoms with Gasteiger partial charge >= 0.3 is 0 Å². The molecule has 1 heterocycles. The highest BCUT2D eigenvalue weighted by Crippen LogP contribution is 2.16. The third kappa shape index (κ3) is 30.5. The van der Waals surface area contributed by atoms with E-state index in [2.05, 4.69) is 42.3 Å². The molecule has 0 radical (unpaired) electrons. The van der Waals surface area contributed by atoms with Gasteiger partial charge in [0.05, 0.1) is 13.1 Å². The maximum Gasteiger partial charge on any atom is 0.256 e. The van der Waals surface area contributed by atoms with Crippen LogP contribution in [0.5, 0.6) is 0 Å². The molecule has 0 aliphatic carbocycles. The largest absolute Gasteiger partial charge is 0.256 e. The highest BCUT2D eigenvalue weighted by Gasteiger charge is 2.16. The first-order chi connectivity index (χ1) is 24.3. The SMILES string of the molecule is CCCCCCCCCCCCCCCCCCc1n(CCCCCCCC)cc[n+]1CCCCCCCCCCCCCCCCCC. The van der Waals surface area contributed by atoms with Crippen molar-refractivity contribution in [3.8, 4) is 0 Å². The lowest BCUT2D eigenvalue weighted by Gasteiger charge is -2.07. The second kappa shape index (κ2) is 38.4. The van der Waals surface area contributed by atoms with E-state index in [-0.39, 0.29) is 0 Å². The lowest BCUT2D eigenvalue weighted by molar-refractivity contribution is -0.704. The maximum absolute atomic E-state index is 2.64. The number of nitrogens with zero attached hydrogens (tertiary/aromatic N) is 2. The fourth-order valence-electron chi connectivity index (χ4n) is 7.92. The van der Waals surface area contributed by atoms with Crippen molar-refractivity contribution in [3.63, 3.8) is 0 Å². The summed E-state index contributed by atoms with van der Waals surface area (Å²) in [6.45, 7) is 9.41. The summed E-state index contributed by atoms with van der Waals surface area (Å²) in [7, 11) is 0. The maximum atomic E-state index is 2.64. The molecule has 0 atom stereocenters. The van der Waals surface area contributed by atoms with Crippen LogP contribution in [0.3, 0.4) is 0 Å². The summed E-state index contributed by atoms with van der Waals surface area (Å²) in [4.78, 5) is 0. The zero-order valence-electron chi connectivity index (χ0n) is 34.5. The van der Waals surface area contributed by atoms with Crippen molar-refractivity contribution < 1.29 is 4.57 Å². The molecule has 0 unspecified atom stereocenters. The Morgan fingerprint density at radius 3 is 0.980 bits per heavy atom. The number of aryl methyl sites for hydroxylation is 2. The molecule has 0 saturated heterocycles. The Morgan fingerprint density at radius 2 is 0.633 bits per heavy atom.